The summed E-state index contributed by atoms with van der Waals surface area (Å²) >= 11 is 6.04. The van der Waals surface area contributed by atoms with Gasteiger partial charge in [0.2, 0.25) is 5.91 Å². The molecule has 0 saturated carbocycles. The second-order valence-corrected chi connectivity index (χ2v) is 7.80. The summed E-state index contributed by atoms with van der Waals surface area (Å²) in [7, 11) is -1.09. The van der Waals surface area contributed by atoms with Crippen LogP contribution in [0.4, 0.5) is 11.4 Å². The molecule has 136 valence electrons. The van der Waals surface area contributed by atoms with Crippen LogP contribution in [-0.2, 0) is 26.0 Å². The van der Waals surface area contributed by atoms with Crippen LogP contribution >= 0.6 is 11.6 Å². The number of benzene rings is 2. The molecule has 0 spiro atoms. The monoisotopic (exact) mass is 394 g/mol. The lowest BCUT2D eigenvalue weighted by molar-refractivity contribution is -0.117. The molecule has 0 unspecified atom stereocenters. The predicted molar refractivity (Wildman–Crippen MR) is 97.2 cm³/mol. The smallest absolute Gasteiger partial charge is 0.337 e. The summed E-state index contributed by atoms with van der Waals surface area (Å²) in [6.45, 7) is 0. The number of carbonyl (C=O) groups is 2. The summed E-state index contributed by atoms with van der Waals surface area (Å²) in [6.07, 6.45) is 0.147. The Kier molecular flexibility index (Phi) is 4.64. The number of halogens is 1. The minimum absolute atomic E-state index is 0.00103. The Balaban J connectivity index is 1.95. The lowest BCUT2D eigenvalue weighted by atomic mass is 10.2. The third-order valence-electron chi connectivity index (χ3n) is 4.07. The number of ether oxygens (including phenoxy) is 1. The van der Waals surface area contributed by atoms with Gasteiger partial charge in [0.05, 0.1) is 34.7 Å². The Bertz CT molecular complexity index is 1020. The normalized spacial score (nSPS) is 13.5. The van der Waals surface area contributed by atoms with Crippen molar-refractivity contribution in [1.29, 1.82) is 0 Å². The summed E-state index contributed by atoms with van der Waals surface area (Å²) in [5.41, 5.74) is 1.54. The van der Waals surface area contributed by atoms with Gasteiger partial charge in [-0.3, -0.25) is 9.52 Å². The molecule has 1 amide bonds. The zero-order valence-electron chi connectivity index (χ0n) is 13.9. The molecule has 26 heavy (non-hydrogen) atoms. The quantitative estimate of drug-likeness (QED) is 0.804. The maximum absolute atomic E-state index is 12.7. The van der Waals surface area contributed by atoms with Crippen molar-refractivity contribution < 1.29 is 22.7 Å². The number of carbonyl (C=O) groups excluding carboxylic acids is 2. The molecule has 1 aliphatic heterocycles. The highest BCUT2D eigenvalue weighted by atomic mass is 35.5. The maximum Gasteiger partial charge on any atom is 0.337 e. The highest BCUT2D eigenvalue weighted by Gasteiger charge is 2.26. The van der Waals surface area contributed by atoms with Gasteiger partial charge in [-0.2, -0.15) is 0 Å². The largest absolute Gasteiger partial charge is 0.465 e. The molecule has 3 rings (SSSR count). The number of rotatable bonds is 4. The number of anilines is 2. The maximum atomic E-state index is 12.7. The zero-order valence-corrected chi connectivity index (χ0v) is 15.5. The number of hydrogen-bond donors (Lipinski definition) is 1. The van der Waals surface area contributed by atoms with Gasteiger partial charge in [-0.15, -0.1) is 0 Å². The van der Waals surface area contributed by atoms with Crippen LogP contribution in [0.1, 0.15) is 15.9 Å². The lowest BCUT2D eigenvalue weighted by Crippen LogP contribution is -2.20. The predicted octanol–water partition coefficient (Wildman–Crippen LogP) is 2.45. The highest BCUT2D eigenvalue weighted by molar-refractivity contribution is 7.92. The van der Waals surface area contributed by atoms with Crippen LogP contribution in [0.25, 0.3) is 0 Å². The molecule has 0 bridgehead atoms. The van der Waals surface area contributed by atoms with E-state index < -0.39 is 16.0 Å². The van der Waals surface area contributed by atoms with E-state index in [2.05, 4.69) is 9.46 Å². The Morgan fingerprint density at radius 3 is 2.65 bits per heavy atom. The van der Waals surface area contributed by atoms with E-state index in [9.17, 15) is 18.0 Å². The van der Waals surface area contributed by atoms with E-state index in [4.69, 9.17) is 11.6 Å². The summed E-state index contributed by atoms with van der Waals surface area (Å²) < 4.78 is 32.4. The van der Waals surface area contributed by atoms with Crippen LogP contribution in [0.5, 0.6) is 0 Å². The van der Waals surface area contributed by atoms with Crippen LogP contribution in [-0.4, -0.2) is 34.5 Å². The number of esters is 1. The molecule has 9 heteroatoms. The Morgan fingerprint density at radius 1 is 1.23 bits per heavy atom. The first kappa shape index (κ1) is 18.2. The van der Waals surface area contributed by atoms with Crippen LogP contribution in [0, 0.1) is 0 Å². The Labute approximate surface area is 155 Å². The summed E-state index contributed by atoms with van der Waals surface area (Å²) in [6, 6.07) is 8.59. The third kappa shape index (κ3) is 3.25. The van der Waals surface area contributed by atoms with E-state index in [1.54, 1.807) is 13.1 Å². The van der Waals surface area contributed by atoms with Crippen LogP contribution < -0.4 is 9.62 Å². The van der Waals surface area contributed by atoms with E-state index in [-0.39, 0.29) is 33.5 Å². The Hall–Kier alpha value is -2.58. The number of hydrogen-bond acceptors (Lipinski definition) is 5. The first-order valence-electron chi connectivity index (χ1n) is 7.53. The van der Waals surface area contributed by atoms with Crippen LogP contribution in [0.3, 0.4) is 0 Å². The van der Waals surface area contributed by atoms with Gasteiger partial charge in [0.25, 0.3) is 10.0 Å². The van der Waals surface area contributed by atoms with E-state index in [1.165, 1.54) is 42.3 Å². The first-order chi connectivity index (χ1) is 12.2. The third-order valence-corrected chi connectivity index (χ3v) is 5.76. The molecular formula is C17H15ClN2O5S. The van der Waals surface area contributed by atoms with E-state index in [0.717, 1.165) is 0 Å². The van der Waals surface area contributed by atoms with Crippen LogP contribution in [0.2, 0.25) is 5.02 Å². The van der Waals surface area contributed by atoms with Crippen molar-refractivity contribution in [3.8, 4) is 0 Å². The number of methoxy groups -OCH3 is 1. The van der Waals surface area contributed by atoms with Crippen molar-refractivity contribution in [2.45, 2.75) is 11.3 Å². The molecule has 0 aliphatic carbocycles. The van der Waals surface area contributed by atoms with Gasteiger partial charge in [0.1, 0.15) is 0 Å². The number of nitrogens with zero attached hydrogens (tertiary/aromatic N) is 1. The molecule has 0 aromatic heterocycles. The highest BCUT2D eigenvalue weighted by Crippen LogP contribution is 2.31. The molecule has 0 atom stereocenters. The zero-order chi connectivity index (χ0) is 19.1. The molecule has 1 heterocycles. The van der Waals surface area contributed by atoms with E-state index >= 15 is 0 Å². The number of fused-ring (bicyclic) bond motifs is 1. The van der Waals surface area contributed by atoms with Gasteiger partial charge in [-0.05, 0) is 42.0 Å². The molecular weight excluding hydrogens is 380 g/mol. The molecule has 0 saturated heterocycles. The fraction of sp³-hybridized carbons (Fsp3) is 0.176. The number of sulfonamides is 1. The molecule has 2 aromatic rings. The van der Waals surface area contributed by atoms with Gasteiger partial charge in [-0.1, -0.05) is 11.6 Å². The molecule has 2 aromatic carbocycles. The van der Waals surface area contributed by atoms with Gasteiger partial charge in [0.15, 0.2) is 0 Å². The SMILES string of the molecule is COC(=O)c1ccc(Cl)c(NS(=O)(=O)c2ccc3c(c2)CC(=O)N3C)c1. The van der Waals surface area contributed by atoms with Crippen molar-refractivity contribution >= 4 is 44.9 Å². The fourth-order valence-electron chi connectivity index (χ4n) is 2.67. The minimum Gasteiger partial charge on any atom is -0.465 e. The standard InChI is InChI=1S/C17H15ClN2O5S/c1-20-15-6-4-12(7-11(15)9-16(20)21)26(23,24)19-14-8-10(17(22)25-2)3-5-13(14)18/h3-8,19H,9H2,1-2H3. The molecule has 1 N–H and O–H groups in total. The second-order valence-electron chi connectivity index (χ2n) is 5.71. The van der Waals surface area contributed by atoms with Gasteiger partial charge in [0, 0.05) is 12.7 Å². The van der Waals surface area contributed by atoms with Crippen molar-refractivity contribution in [3.05, 3.63) is 52.5 Å². The van der Waals surface area contributed by atoms with E-state index in [0.29, 0.717) is 11.3 Å². The van der Waals surface area contributed by atoms with Gasteiger partial charge < -0.3 is 9.64 Å². The van der Waals surface area contributed by atoms with Gasteiger partial charge >= 0.3 is 5.97 Å². The topological polar surface area (TPSA) is 92.8 Å². The summed E-state index contributed by atoms with van der Waals surface area (Å²) in [5, 5.41) is 0.136. The molecule has 0 fully saturated rings. The van der Waals surface area contributed by atoms with Crippen molar-refractivity contribution in [1.82, 2.24) is 0 Å². The van der Waals surface area contributed by atoms with Gasteiger partial charge in [-0.25, -0.2) is 13.2 Å². The number of nitrogens with one attached hydrogen (secondary N) is 1. The van der Waals surface area contributed by atoms with Crippen LogP contribution in [0.15, 0.2) is 41.3 Å². The van der Waals surface area contributed by atoms with Crippen molar-refractivity contribution in [2.24, 2.45) is 0 Å². The van der Waals surface area contributed by atoms with Crippen molar-refractivity contribution in [3.63, 3.8) is 0 Å². The summed E-state index contributed by atoms with van der Waals surface area (Å²) in [4.78, 5) is 24.9. The molecule has 7 nitrogen and oxygen atoms in total. The molecule has 1 aliphatic rings. The fourth-order valence-corrected chi connectivity index (χ4v) is 4.01. The molecule has 0 radical (unpaired) electrons. The summed E-state index contributed by atoms with van der Waals surface area (Å²) in [5.74, 6) is -0.711. The van der Waals surface area contributed by atoms with E-state index in [1.807, 2.05) is 0 Å². The van der Waals surface area contributed by atoms with Crippen molar-refractivity contribution in [2.75, 3.05) is 23.8 Å². The second kappa shape index (κ2) is 6.62. The average molecular weight is 395 g/mol. The average Bonchev–Trinajstić information content (AvgIpc) is 2.89. The minimum atomic E-state index is -3.96. The lowest BCUT2D eigenvalue weighted by Gasteiger charge is -2.13. The number of likely N-dealkylation sites (N-methyl/N-ethyl adjacent to an activating group) is 1. The number of amides is 1. The first-order valence-corrected chi connectivity index (χ1v) is 9.39. The Morgan fingerprint density at radius 2 is 1.96 bits per heavy atom.